The van der Waals surface area contributed by atoms with Gasteiger partial charge in [0.2, 0.25) is 0 Å². The van der Waals surface area contributed by atoms with Crippen LogP contribution in [0.15, 0.2) is 29.5 Å². The van der Waals surface area contributed by atoms with Crippen LogP contribution in [0.25, 0.3) is 0 Å². The van der Waals surface area contributed by atoms with Gasteiger partial charge in [-0.3, -0.25) is 4.79 Å². The number of hydrogen-bond donors (Lipinski definition) is 2. The number of rotatable bonds is 2. The smallest absolute Gasteiger partial charge is 0.253 e. The highest BCUT2D eigenvalue weighted by atomic mass is 32.1. The molecule has 0 aliphatic carbocycles. The number of halogens is 2. The number of nitrogens with one attached hydrogen (secondary N) is 2. The maximum atomic E-state index is 14.0. The van der Waals surface area contributed by atoms with Crippen molar-refractivity contribution in [3.8, 4) is 0 Å². The molecule has 0 fully saturated rings. The Bertz CT molecular complexity index is 643. The Morgan fingerprint density at radius 2 is 2.00 bits per heavy atom. The zero-order valence-electron chi connectivity index (χ0n) is 11.8. The molecular formula is C14H15F2N3OS. The number of carbonyl (C=O) groups excluding carboxylic acids is 1. The number of benzene rings is 1. The molecule has 7 heteroatoms. The third-order valence-electron chi connectivity index (χ3n) is 3.18. The Morgan fingerprint density at radius 3 is 2.57 bits per heavy atom. The number of amides is 1. The van der Waals surface area contributed by atoms with E-state index in [9.17, 15) is 13.6 Å². The lowest BCUT2D eigenvalue weighted by Crippen LogP contribution is -2.46. The van der Waals surface area contributed by atoms with Gasteiger partial charge in [0, 0.05) is 31.4 Å². The second-order valence-corrected chi connectivity index (χ2v) is 5.34. The fraction of sp³-hybridized carbons (Fsp3) is 0.286. The lowest BCUT2D eigenvalue weighted by molar-refractivity contribution is -0.125. The first-order valence-electron chi connectivity index (χ1n) is 6.26. The van der Waals surface area contributed by atoms with E-state index in [0.717, 1.165) is 12.1 Å². The van der Waals surface area contributed by atoms with Crippen LogP contribution in [0, 0.1) is 11.6 Å². The Morgan fingerprint density at radius 1 is 1.33 bits per heavy atom. The van der Waals surface area contributed by atoms with E-state index in [-0.39, 0.29) is 16.6 Å². The molecule has 0 saturated heterocycles. The third kappa shape index (κ3) is 3.02. The molecule has 1 aliphatic heterocycles. The van der Waals surface area contributed by atoms with Gasteiger partial charge in [0.25, 0.3) is 5.91 Å². The summed E-state index contributed by atoms with van der Waals surface area (Å²) in [5.41, 5.74) is 1.06. The molecule has 2 rings (SSSR count). The molecule has 0 bridgehead atoms. The van der Waals surface area contributed by atoms with E-state index in [1.54, 1.807) is 21.0 Å². The number of likely N-dealkylation sites (N-methyl/N-ethyl adjacent to an activating group) is 1. The predicted molar refractivity (Wildman–Crippen MR) is 79.4 cm³/mol. The second-order valence-electron chi connectivity index (χ2n) is 4.94. The van der Waals surface area contributed by atoms with E-state index in [2.05, 4.69) is 10.6 Å². The van der Waals surface area contributed by atoms with Gasteiger partial charge >= 0.3 is 0 Å². The first-order chi connectivity index (χ1) is 9.81. The van der Waals surface area contributed by atoms with E-state index < -0.39 is 17.7 Å². The van der Waals surface area contributed by atoms with Crippen LogP contribution < -0.4 is 10.6 Å². The molecule has 1 heterocycles. The minimum absolute atomic E-state index is 0.171. The van der Waals surface area contributed by atoms with E-state index in [1.807, 2.05) is 0 Å². The van der Waals surface area contributed by atoms with E-state index in [4.69, 9.17) is 12.2 Å². The largest absolute Gasteiger partial charge is 0.351 e. The minimum Gasteiger partial charge on any atom is -0.351 e. The van der Waals surface area contributed by atoms with Crippen LogP contribution in [-0.2, 0) is 4.79 Å². The zero-order valence-corrected chi connectivity index (χ0v) is 12.6. The van der Waals surface area contributed by atoms with Crippen LogP contribution in [0.1, 0.15) is 18.5 Å². The molecular weight excluding hydrogens is 296 g/mol. The van der Waals surface area contributed by atoms with Gasteiger partial charge in [0.05, 0.1) is 11.6 Å². The first-order valence-corrected chi connectivity index (χ1v) is 6.67. The van der Waals surface area contributed by atoms with E-state index >= 15 is 0 Å². The van der Waals surface area contributed by atoms with Crippen LogP contribution in [0.3, 0.4) is 0 Å². The Labute approximate surface area is 126 Å². The Balaban J connectivity index is 2.55. The van der Waals surface area contributed by atoms with Gasteiger partial charge in [0.15, 0.2) is 5.11 Å². The van der Waals surface area contributed by atoms with Crippen LogP contribution in [-0.4, -0.2) is 30.0 Å². The van der Waals surface area contributed by atoms with Crippen LogP contribution in [0.4, 0.5) is 8.78 Å². The summed E-state index contributed by atoms with van der Waals surface area (Å²) in [4.78, 5) is 13.7. The van der Waals surface area contributed by atoms with Crippen molar-refractivity contribution < 1.29 is 13.6 Å². The summed E-state index contributed by atoms with van der Waals surface area (Å²) in [7, 11) is 3.21. The highest BCUT2D eigenvalue weighted by molar-refractivity contribution is 7.80. The maximum Gasteiger partial charge on any atom is 0.253 e. The van der Waals surface area contributed by atoms with Crippen LogP contribution in [0.2, 0.25) is 0 Å². The monoisotopic (exact) mass is 311 g/mol. The average Bonchev–Trinajstić information content (AvgIpc) is 2.37. The Hall–Kier alpha value is -2.02. The van der Waals surface area contributed by atoms with Gasteiger partial charge in [-0.15, -0.1) is 0 Å². The molecule has 0 radical (unpaired) electrons. The van der Waals surface area contributed by atoms with Gasteiger partial charge in [0.1, 0.15) is 11.6 Å². The maximum absolute atomic E-state index is 14.0. The van der Waals surface area contributed by atoms with Crippen LogP contribution >= 0.6 is 12.2 Å². The van der Waals surface area contributed by atoms with E-state index in [0.29, 0.717) is 11.3 Å². The predicted octanol–water partition coefficient (Wildman–Crippen LogP) is 1.85. The van der Waals surface area contributed by atoms with Gasteiger partial charge in [-0.1, -0.05) is 6.07 Å². The quantitative estimate of drug-likeness (QED) is 0.818. The summed E-state index contributed by atoms with van der Waals surface area (Å²) in [6, 6.07) is 2.49. The number of allylic oxidation sites excluding steroid dienone is 1. The first kappa shape index (κ1) is 15.4. The molecule has 1 aromatic rings. The normalized spacial score (nSPS) is 18.1. The number of hydrogen-bond acceptors (Lipinski definition) is 2. The Kier molecular flexibility index (Phi) is 4.22. The van der Waals surface area contributed by atoms with Gasteiger partial charge in [-0.2, -0.15) is 0 Å². The second kappa shape index (κ2) is 5.77. The van der Waals surface area contributed by atoms with Crippen molar-refractivity contribution in [2.24, 2.45) is 0 Å². The van der Waals surface area contributed by atoms with Crippen molar-refractivity contribution in [2.45, 2.75) is 13.0 Å². The van der Waals surface area contributed by atoms with Gasteiger partial charge in [-0.25, -0.2) is 8.78 Å². The summed E-state index contributed by atoms with van der Waals surface area (Å²) in [5, 5.41) is 6.00. The molecule has 0 unspecified atom stereocenters. The van der Waals surface area contributed by atoms with Crippen molar-refractivity contribution in [3.63, 3.8) is 0 Å². The molecule has 1 atom stereocenters. The summed E-state index contributed by atoms with van der Waals surface area (Å²) in [5.74, 6) is -1.67. The fourth-order valence-corrected chi connectivity index (χ4v) is 2.46. The number of nitrogens with zero attached hydrogens (tertiary/aromatic N) is 1. The summed E-state index contributed by atoms with van der Waals surface area (Å²) >= 11 is 5.06. The van der Waals surface area contributed by atoms with Crippen LogP contribution in [0.5, 0.6) is 0 Å². The molecule has 112 valence electrons. The molecule has 2 N–H and O–H groups in total. The molecule has 21 heavy (non-hydrogen) atoms. The number of carbonyl (C=O) groups is 1. The van der Waals surface area contributed by atoms with Gasteiger partial charge in [-0.05, 0) is 25.2 Å². The highest BCUT2D eigenvalue weighted by Crippen LogP contribution is 2.29. The molecule has 0 aromatic heterocycles. The van der Waals surface area contributed by atoms with E-state index in [1.165, 1.54) is 11.0 Å². The molecule has 1 aliphatic rings. The zero-order chi connectivity index (χ0) is 15.7. The topological polar surface area (TPSA) is 44.4 Å². The average molecular weight is 311 g/mol. The standard InChI is InChI=1S/C14H15F2N3OS/c1-7-11(13(20)19(2)3)12(18-14(21)17-7)9-5-4-8(15)6-10(9)16/h4-6,12H,1-3H3,(H2,17,18,21)/t12-/m1/s1. The summed E-state index contributed by atoms with van der Waals surface area (Å²) in [6.45, 7) is 1.69. The summed E-state index contributed by atoms with van der Waals surface area (Å²) in [6.07, 6.45) is 0. The highest BCUT2D eigenvalue weighted by Gasteiger charge is 2.32. The van der Waals surface area contributed by atoms with Crippen molar-refractivity contribution in [1.82, 2.24) is 15.5 Å². The van der Waals surface area contributed by atoms with Gasteiger partial charge < -0.3 is 15.5 Å². The molecule has 0 saturated carbocycles. The molecule has 0 spiro atoms. The molecule has 4 nitrogen and oxygen atoms in total. The lowest BCUT2D eigenvalue weighted by Gasteiger charge is -2.31. The fourth-order valence-electron chi connectivity index (χ4n) is 2.19. The van der Waals surface area contributed by atoms with Crippen molar-refractivity contribution >= 4 is 23.2 Å². The van der Waals surface area contributed by atoms with Crippen molar-refractivity contribution in [1.29, 1.82) is 0 Å². The lowest BCUT2D eigenvalue weighted by atomic mass is 9.94. The summed E-state index contributed by atoms with van der Waals surface area (Å²) < 4.78 is 27.1. The molecule has 1 amide bonds. The molecule has 1 aromatic carbocycles. The minimum atomic E-state index is -0.755. The SMILES string of the molecule is CC1=C(C(=O)N(C)C)[C@@H](c2ccc(F)cc2F)NC(=S)N1. The van der Waals surface area contributed by atoms with Crippen molar-refractivity contribution in [2.75, 3.05) is 14.1 Å². The van der Waals surface area contributed by atoms with Crippen molar-refractivity contribution in [3.05, 3.63) is 46.7 Å². The third-order valence-corrected chi connectivity index (χ3v) is 3.40. The number of thiocarbonyl (C=S) groups is 1.